The van der Waals surface area contributed by atoms with Gasteiger partial charge in [-0.15, -0.1) is 0 Å². The first-order valence-corrected chi connectivity index (χ1v) is 10.1. The lowest BCUT2D eigenvalue weighted by Gasteiger charge is -2.24. The number of nitrogens with zero attached hydrogens (tertiary/aromatic N) is 1. The van der Waals surface area contributed by atoms with Gasteiger partial charge in [-0.25, -0.2) is 9.18 Å². The Morgan fingerprint density at radius 1 is 1.28 bits per heavy atom. The Balaban J connectivity index is 1.47. The van der Waals surface area contributed by atoms with E-state index in [2.05, 4.69) is 4.90 Å². The van der Waals surface area contributed by atoms with Gasteiger partial charge in [0.25, 0.3) is 0 Å². The largest absolute Gasteiger partial charge is 0.493 e. The summed E-state index contributed by atoms with van der Waals surface area (Å²) in [6, 6.07) is 11.2. The van der Waals surface area contributed by atoms with Crippen molar-refractivity contribution in [1.82, 2.24) is 4.90 Å². The van der Waals surface area contributed by atoms with Crippen LogP contribution in [0.4, 0.5) is 4.39 Å². The molecular formula is C22H25ClFNO4. The molecule has 0 spiro atoms. The number of ether oxygens (including phenoxy) is 2. The summed E-state index contributed by atoms with van der Waals surface area (Å²) in [7, 11) is 0. The molecule has 1 aliphatic heterocycles. The second-order valence-corrected chi connectivity index (χ2v) is 7.56. The maximum Gasteiger partial charge on any atom is 0.339 e. The molecule has 0 amide bonds. The number of aromatic carboxylic acids is 1. The Kier molecular flexibility index (Phi) is 7.86. The number of rotatable bonds is 8. The molecule has 5 nitrogen and oxygen atoms in total. The number of hydrogen-bond acceptors (Lipinski definition) is 4. The average Bonchev–Trinajstić information content (AvgIpc) is 2.93. The van der Waals surface area contributed by atoms with Crippen LogP contribution in [0.1, 0.15) is 28.8 Å². The molecule has 2 aromatic rings. The van der Waals surface area contributed by atoms with Gasteiger partial charge in [-0.05, 0) is 55.2 Å². The van der Waals surface area contributed by atoms with Crippen LogP contribution in [0.15, 0.2) is 42.5 Å². The Hall–Kier alpha value is -2.15. The highest BCUT2D eigenvalue weighted by Crippen LogP contribution is 2.23. The third-order valence-corrected chi connectivity index (χ3v) is 5.09. The molecule has 0 saturated carbocycles. The third kappa shape index (κ3) is 6.70. The highest BCUT2D eigenvalue weighted by atomic mass is 35.5. The van der Waals surface area contributed by atoms with Crippen LogP contribution in [0.5, 0.6) is 5.75 Å². The van der Waals surface area contributed by atoms with E-state index in [4.69, 9.17) is 21.1 Å². The van der Waals surface area contributed by atoms with Gasteiger partial charge in [-0.3, -0.25) is 0 Å². The standard InChI is InChI=1S/C22H25ClFNO4/c23-17-5-8-21(20(14-17)22(26)27)29-12-2-10-25-9-1-11-28-19(15-25)13-16-3-6-18(24)7-4-16/h3-8,14,19H,1-2,9-13,15H2,(H,26,27). The van der Waals surface area contributed by atoms with Crippen molar-refractivity contribution in [2.45, 2.75) is 25.4 Å². The van der Waals surface area contributed by atoms with Gasteiger partial charge in [0.05, 0.1) is 12.7 Å². The maximum absolute atomic E-state index is 13.1. The Morgan fingerprint density at radius 3 is 2.83 bits per heavy atom. The molecule has 2 aromatic carbocycles. The van der Waals surface area contributed by atoms with Crippen LogP contribution in [0.3, 0.4) is 0 Å². The van der Waals surface area contributed by atoms with Crippen LogP contribution in [0.2, 0.25) is 5.02 Å². The average molecular weight is 422 g/mol. The number of halogens is 2. The summed E-state index contributed by atoms with van der Waals surface area (Å²) in [6.07, 6.45) is 2.55. The van der Waals surface area contributed by atoms with Gasteiger partial charge in [-0.2, -0.15) is 0 Å². The van der Waals surface area contributed by atoms with Gasteiger partial charge in [-0.1, -0.05) is 23.7 Å². The molecule has 1 fully saturated rings. The molecule has 29 heavy (non-hydrogen) atoms. The van der Waals surface area contributed by atoms with E-state index in [9.17, 15) is 14.3 Å². The van der Waals surface area contributed by atoms with Gasteiger partial charge in [0, 0.05) is 31.3 Å². The van der Waals surface area contributed by atoms with E-state index in [0.29, 0.717) is 24.0 Å². The summed E-state index contributed by atoms with van der Waals surface area (Å²) < 4.78 is 24.7. The molecule has 1 N–H and O–H groups in total. The molecule has 1 heterocycles. The summed E-state index contributed by atoms with van der Waals surface area (Å²) in [5.74, 6) is -0.963. The van der Waals surface area contributed by atoms with E-state index in [0.717, 1.165) is 44.5 Å². The van der Waals surface area contributed by atoms with Crippen molar-refractivity contribution in [2.75, 3.05) is 32.8 Å². The predicted octanol–water partition coefficient (Wildman–Crippen LogP) is 4.28. The Morgan fingerprint density at radius 2 is 2.07 bits per heavy atom. The molecule has 3 rings (SSSR count). The number of carbonyl (C=O) groups is 1. The van der Waals surface area contributed by atoms with Crippen LogP contribution in [0.25, 0.3) is 0 Å². The summed E-state index contributed by atoms with van der Waals surface area (Å²) in [4.78, 5) is 13.7. The molecule has 7 heteroatoms. The van der Waals surface area contributed by atoms with Crippen molar-refractivity contribution in [3.63, 3.8) is 0 Å². The molecule has 0 aliphatic carbocycles. The van der Waals surface area contributed by atoms with E-state index in [-0.39, 0.29) is 17.5 Å². The number of benzene rings is 2. The van der Waals surface area contributed by atoms with Gasteiger partial charge >= 0.3 is 5.97 Å². The summed E-state index contributed by atoms with van der Waals surface area (Å²) in [6.45, 7) is 3.71. The zero-order chi connectivity index (χ0) is 20.6. The molecule has 0 aromatic heterocycles. The minimum Gasteiger partial charge on any atom is -0.493 e. The highest BCUT2D eigenvalue weighted by Gasteiger charge is 2.19. The van der Waals surface area contributed by atoms with Crippen LogP contribution in [-0.4, -0.2) is 54.9 Å². The van der Waals surface area contributed by atoms with Gasteiger partial charge in [0.2, 0.25) is 0 Å². The summed E-state index contributed by atoms with van der Waals surface area (Å²) in [5.41, 5.74) is 1.13. The van der Waals surface area contributed by atoms with Crippen molar-refractivity contribution in [3.8, 4) is 5.75 Å². The normalized spacial score (nSPS) is 17.7. The van der Waals surface area contributed by atoms with E-state index >= 15 is 0 Å². The molecule has 1 aliphatic rings. The first kappa shape index (κ1) is 21.6. The zero-order valence-corrected chi connectivity index (χ0v) is 16.9. The SMILES string of the molecule is O=C(O)c1cc(Cl)ccc1OCCCN1CCCOC(Cc2ccc(F)cc2)C1. The second-order valence-electron chi connectivity index (χ2n) is 7.13. The van der Waals surface area contributed by atoms with E-state index in [1.165, 1.54) is 18.2 Å². The quantitative estimate of drug-likeness (QED) is 0.645. The first-order valence-electron chi connectivity index (χ1n) is 9.75. The van der Waals surface area contributed by atoms with Crippen LogP contribution in [-0.2, 0) is 11.2 Å². The van der Waals surface area contributed by atoms with Crippen molar-refractivity contribution in [3.05, 3.63) is 64.4 Å². The summed E-state index contributed by atoms with van der Waals surface area (Å²) >= 11 is 5.86. The fraction of sp³-hybridized carbons (Fsp3) is 0.409. The summed E-state index contributed by atoms with van der Waals surface area (Å²) in [5, 5.41) is 9.63. The number of carboxylic acids is 1. The predicted molar refractivity (Wildman–Crippen MR) is 109 cm³/mol. The molecule has 0 bridgehead atoms. The topological polar surface area (TPSA) is 59.0 Å². The minimum atomic E-state index is -1.06. The third-order valence-electron chi connectivity index (χ3n) is 4.86. The lowest BCUT2D eigenvalue weighted by atomic mass is 10.1. The molecule has 1 unspecified atom stereocenters. The van der Waals surface area contributed by atoms with Gasteiger partial charge < -0.3 is 19.5 Å². The van der Waals surface area contributed by atoms with Gasteiger partial charge in [0.1, 0.15) is 17.1 Å². The second kappa shape index (κ2) is 10.6. The fourth-order valence-corrected chi connectivity index (χ4v) is 3.62. The number of hydrogen-bond donors (Lipinski definition) is 1. The molecular weight excluding hydrogens is 397 g/mol. The monoisotopic (exact) mass is 421 g/mol. The van der Waals surface area contributed by atoms with Crippen molar-refractivity contribution in [1.29, 1.82) is 0 Å². The number of carboxylic acid groups (broad SMARTS) is 1. The van der Waals surface area contributed by atoms with Crippen LogP contribution < -0.4 is 4.74 Å². The molecule has 1 atom stereocenters. The Labute approximate surface area is 175 Å². The van der Waals surface area contributed by atoms with Crippen molar-refractivity contribution >= 4 is 17.6 Å². The van der Waals surface area contributed by atoms with Gasteiger partial charge in [0.15, 0.2) is 0 Å². The lowest BCUT2D eigenvalue weighted by Crippen LogP contribution is -2.34. The molecule has 0 radical (unpaired) electrons. The molecule has 156 valence electrons. The lowest BCUT2D eigenvalue weighted by molar-refractivity contribution is 0.0541. The van der Waals surface area contributed by atoms with Crippen LogP contribution in [0, 0.1) is 5.82 Å². The van der Waals surface area contributed by atoms with E-state index in [1.807, 2.05) is 0 Å². The van der Waals surface area contributed by atoms with Crippen molar-refractivity contribution < 1.29 is 23.8 Å². The fourth-order valence-electron chi connectivity index (χ4n) is 3.45. The molecule has 1 saturated heterocycles. The van der Waals surface area contributed by atoms with Crippen LogP contribution >= 0.6 is 11.6 Å². The Bertz CT molecular complexity index is 815. The minimum absolute atomic E-state index is 0.0683. The first-order chi connectivity index (χ1) is 14.0. The van der Waals surface area contributed by atoms with Crippen molar-refractivity contribution in [2.24, 2.45) is 0 Å². The smallest absolute Gasteiger partial charge is 0.339 e. The van der Waals surface area contributed by atoms with E-state index < -0.39 is 5.97 Å². The maximum atomic E-state index is 13.1. The highest BCUT2D eigenvalue weighted by molar-refractivity contribution is 6.31. The zero-order valence-electron chi connectivity index (χ0n) is 16.2. The van der Waals surface area contributed by atoms with E-state index in [1.54, 1.807) is 24.3 Å².